The van der Waals surface area contributed by atoms with Crippen LogP contribution in [0.2, 0.25) is 0 Å². The molecular weight excluding hydrogens is 218 g/mol. The Kier molecular flexibility index (Phi) is 13.1. The zero-order valence-corrected chi connectivity index (χ0v) is 11.9. The van der Waals surface area contributed by atoms with Gasteiger partial charge >= 0.3 is 5.97 Å². The van der Waals surface area contributed by atoms with Gasteiger partial charge in [0.15, 0.2) is 0 Å². The van der Waals surface area contributed by atoms with Gasteiger partial charge in [-0.1, -0.05) is 39.5 Å². The first-order valence-electron chi connectivity index (χ1n) is 6.59. The molecule has 17 heavy (non-hydrogen) atoms. The summed E-state index contributed by atoms with van der Waals surface area (Å²) >= 11 is 0. The van der Waals surface area contributed by atoms with Crippen LogP contribution in [0.5, 0.6) is 0 Å². The van der Waals surface area contributed by atoms with E-state index in [1.165, 1.54) is 32.1 Å². The van der Waals surface area contributed by atoms with Crippen molar-refractivity contribution in [1.29, 1.82) is 0 Å². The van der Waals surface area contributed by atoms with Crippen LogP contribution in [0.25, 0.3) is 0 Å². The van der Waals surface area contributed by atoms with E-state index in [2.05, 4.69) is 6.92 Å². The summed E-state index contributed by atoms with van der Waals surface area (Å²) in [6.45, 7) is 4.59. The number of aliphatic carboxylic acids is 1. The van der Waals surface area contributed by atoms with Gasteiger partial charge in [0.2, 0.25) is 0 Å². The number of unbranched alkanes of at least 4 members (excludes halogenated alkanes) is 5. The van der Waals surface area contributed by atoms with Gasteiger partial charge in [-0.3, -0.25) is 4.79 Å². The quantitative estimate of drug-likeness (QED) is 0.406. The van der Waals surface area contributed by atoms with Crippen molar-refractivity contribution >= 4 is 5.97 Å². The summed E-state index contributed by atoms with van der Waals surface area (Å²) in [6.07, 6.45) is 7.81. The minimum absolute atomic E-state index is 0.131. The van der Waals surface area contributed by atoms with Crippen LogP contribution in [0.4, 0.5) is 0 Å². The largest absolute Gasteiger partial charge is 0.633 e. The molecular formula is C13H29NO3. The van der Waals surface area contributed by atoms with E-state index in [0.717, 1.165) is 13.0 Å². The summed E-state index contributed by atoms with van der Waals surface area (Å²) in [7, 11) is 3.43. The zero-order valence-electron chi connectivity index (χ0n) is 11.9. The first kappa shape index (κ1) is 18.7. The lowest BCUT2D eigenvalue weighted by Gasteiger charge is -2.33. The van der Waals surface area contributed by atoms with Crippen molar-refractivity contribution < 1.29 is 14.5 Å². The minimum Gasteiger partial charge on any atom is -0.633 e. The SMILES string of the molecule is CCC(=O)O.CCCCCCCC[N+](C)(C)[O-]. The van der Waals surface area contributed by atoms with Crippen LogP contribution < -0.4 is 0 Å². The number of carbonyl (C=O) groups is 1. The van der Waals surface area contributed by atoms with E-state index < -0.39 is 5.97 Å². The zero-order chi connectivity index (χ0) is 13.7. The Labute approximate surface area is 106 Å². The van der Waals surface area contributed by atoms with E-state index in [4.69, 9.17) is 5.11 Å². The minimum atomic E-state index is -0.745. The number of hydrogen-bond donors (Lipinski definition) is 1. The molecule has 0 unspecified atom stereocenters. The number of hydrogen-bond acceptors (Lipinski definition) is 2. The molecule has 0 aliphatic rings. The molecule has 0 rings (SSSR count). The van der Waals surface area contributed by atoms with Crippen molar-refractivity contribution in [2.45, 2.75) is 58.8 Å². The van der Waals surface area contributed by atoms with E-state index >= 15 is 0 Å². The predicted octanol–water partition coefficient (Wildman–Crippen LogP) is 3.40. The summed E-state index contributed by atoms with van der Waals surface area (Å²) in [5, 5.41) is 18.9. The highest BCUT2D eigenvalue weighted by Crippen LogP contribution is 2.06. The van der Waals surface area contributed by atoms with Gasteiger partial charge in [0.1, 0.15) is 0 Å². The maximum absolute atomic E-state index is 11.1. The van der Waals surface area contributed by atoms with Crippen LogP contribution in [0.3, 0.4) is 0 Å². The van der Waals surface area contributed by atoms with E-state index in [9.17, 15) is 10.0 Å². The average molecular weight is 247 g/mol. The van der Waals surface area contributed by atoms with Crippen molar-refractivity contribution in [3.8, 4) is 0 Å². The van der Waals surface area contributed by atoms with Crippen molar-refractivity contribution in [2.24, 2.45) is 0 Å². The monoisotopic (exact) mass is 247 g/mol. The number of carboxylic acids is 1. The Bertz CT molecular complexity index is 176. The second-order valence-corrected chi connectivity index (χ2v) is 4.81. The Morgan fingerprint density at radius 1 is 1.06 bits per heavy atom. The molecule has 0 fully saturated rings. The van der Waals surface area contributed by atoms with E-state index in [1.807, 2.05) is 0 Å². The van der Waals surface area contributed by atoms with E-state index in [1.54, 1.807) is 21.0 Å². The number of rotatable bonds is 8. The van der Waals surface area contributed by atoms with Crippen LogP contribution in [0, 0.1) is 5.21 Å². The lowest BCUT2D eigenvalue weighted by molar-refractivity contribution is -0.840. The van der Waals surface area contributed by atoms with E-state index in [0.29, 0.717) is 0 Å². The van der Waals surface area contributed by atoms with Gasteiger partial charge in [0.05, 0.1) is 20.6 Å². The Balaban J connectivity index is 0. The Morgan fingerprint density at radius 2 is 1.47 bits per heavy atom. The fourth-order valence-electron chi connectivity index (χ4n) is 1.27. The van der Waals surface area contributed by atoms with Crippen LogP contribution in [0.15, 0.2) is 0 Å². The van der Waals surface area contributed by atoms with Gasteiger partial charge in [0, 0.05) is 6.42 Å². The van der Waals surface area contributed by atoms with E-state index in [-0.39, 0.29) is 11.1 Å². The maximum Gasteiger partial charge on any atom is 0.303 e. The van der Waals surface area contributed by atoms with Gasteiger partial charge in [-0.15, -0.1) is 0 Å². The molecule has 0 aromatic carbocycles. The normalized spacial score (nSPS) is 10.6. The van der Waals surface area contributed by atoms with Gasteiger partial charge in [-0.05, 0) is 12.8 Å². The molecule has 0 radical (unpaired) electrons. The molecule has 0 aliphatic heterocycles. The molecule has 104 valence electrons. The highest BCUT2D eigenvalue weighted by atomic mass is 16.5. The van der Waals surface area contributed by atoms with Crippen molar-refractivity contribution in [3.05, 3.63) is 5.21 Å². The molecule has 0 amide bonds. The number of carboxylic acid groups (broad SMARTS) is 1. The number of hydroxylamine groups is 3. The molecule has 0 aliphatic carbocycles. The topological polar surface area (TPSA) is 60.4 Å². The lowest BCUT2D eigenvalue weighted by Crippen LogP contribution is -2.32. The first-order valence-corrected chi connectivity index (χ1v) is 6.59. The molecule has 0 saturated heterocycles. The molecule has 0 atom stereocenters. The third-order valence-electron chi connectivity index (χ3n) is 2.35. The predicted molar refractivity (Wildman–Crippen MR) is 71.6 cm³/mol. The summed E-state index contributed by atoms with van der Waals surface area (Å²) in [5.74, 6) is -0.745. The molecule has 4 heteroatoms. The standard InChI is InChI=1S/C10H23NO.C3H6O2/c1-4-5-6-7-8-9-10-11(2,3)12;1-2-3(4)5/h4-10H2,1-3H3;2H2,1H3,(H,4,5). The molecule has 0 aromatic heterocycles. The third kappa shape index (κ3) is 25.6. The van der Waals surface area contributed by atoms with Crippen LogP contribution >= 0.6 is 0 Å². The summed E-state index contributed by atoms with van der Waals surface area (Å²) in [6, 6.07) is 0. The van der Waals surface area contributed by atoms with Crippen LogP contribution in [0.1, 0.15) is 58.8 Å². The number of nitrogens with zero attached hydrogens (tertiary/aromatic N) is 1. The molecule has 0 aromatic rings. The summed E-state index contributed by atoms with van der Waals surface area (Å²) in [5.41, 5.74) is 0. The third-order valence-corrected chi connectivity index (χ3v) is 2.35. The second kappa shape index (κ2) is 11.9. The van der Waals surface area contributed by atoms with Gasteiger partial charge in [0.25, 0.3) is 0 Å². The van der Waals surface area contributed by atoms with Crippen molar-refractivity contribution in [3.63, 3.8) is 0 Å². The smallest absolute Gasteiger partial charge is 0.303 e. The first-order chi connectivity index (χ1) is 7.83. The summed E-state index contributed by atoms with van der Waals surface area (Å²) < 4.78 is -0.131. The highest BCUT2D eigenvalue weighted by molar-refractivity contribution is 5.66. The van der Waals surface area contributed by atoms with Crippen LogP contribution in [-0.2, 0) is 4.79 Å². The summed E-state index contributed by atoms with van der Waals surface area (Å²) in [4.78, 5) is 9.37. The van der Waals surface area contributed by atoms with Crippen molar-refractivity contribution in [2.75, 3.05) is 20.6 Å². The maximum atomic E-state index is 11.1. The van der Waals surface area contributed by atoms with Crippen molar-refractivity contribution in [1.82, 2.24) is 0 Å². The molecule has 1 N–H and O–H groups in total. The fraction of sp³-hybridized carbons (Fsp3) is 0.923. The molecule has 0 bridgehead atoms. The van der Waals surface area contributed by atoms with Gasteiger partial charge < -0.3 is 15.0 Å². The fourth-order valence-corrected chi connectivity index (χ4v) is 1.27. The lowest BCUT2D eigenvalue weighted by atomic mass is 10.1. The molecule has 0 heterocycles. The Hall–Kier alpha value is -0.610. The second-order valence-electron chi connectivity index (χ2n) is 4.81. The average Bonchev–Trinajstić information content (AvgIpc) is 2.22. The van der Waals surface area contributed by atoms with Gasteiger partial charge in [-0.25, -0.2) is 0 Å². The molecule has 0 spiro atoms. The molecule has 0 saturated carbocycles. The Morgan fingerprint density at radius 3 is 1.82 bits per heavy atom. The number of quaternary nitrogens is 1. The van der Waals surface area contributed by atoms with Crippen LogP contribution in [-0.4, -0.2) is 36.4 Å². The molecule has 4 nitrogen and oxygen atoms in total. The highest BCUT2D eigenvalue weighted by Gasteiger charge is 1.99. The van der Waals surface area contributed by atoms with Gasteiger partial charge in [-0.2, -0.15) is 0 Å².